The van der Waals surface area contributed by atoms with Gasteiger partial charge in [-0.2, -0.15) is 13.2 Å². The van der Waals surface area contributed by atoms with E-state index in [1.54, 1.807) is 0 Å². The third kappa shape index (κ3) is 3.41. The molecule has 96 valence electrons. The van der Waals surface area contributed by atoms with Gasteiger partial charge in [0.05, 0.1) is 17.3 Å². The Morgan fingerprint density at radius 3 is 2.41 bits per heavy atom. The van der Waals surface area contributed by atoms with Gasteiger partial charge in [-0.25, -0.2) is 0 Å². The average molecular weight is 247 g/mol. The minimum absolute atomic E-state index is 0.198. The summed E-state index contributed by atoms with van der Waals surface area (Å²) in [6.07, 6.45) is -2.66. The molecular weight excluding hydrogens is 231 g/mol. The summed E-state index contributed by atoms with van der Waals surface area (Å²) in [5, 5.41) is 0. The van der Waals surface area contributed by atoms with Gasteiger partial charge in [0.15, 0.2) is 0 Å². The molecule has 3 nitrogen and oxygen atoms in total. The summed E-state index contributed by atoms with van der Waals surface area (Å²) < 4.78 is 37.0. The Kier molecular flexibility index (Phi) is 4.47. The van der Waals surface area contributed by atoms with E-state index in [9.17, 15) is 13.2 Å². The standard InChI is InChI=1S/C11H16F3N3/c1-3-7(2)10(17-15)9-5-4-8(6-16-9)11(12,13)14/h4-7,10,17H,3,15H2,1-2H3. The van der Waals surface area contributed by atoms with E-state index in [0.29, 0.717) is 5.69 Å². The maximum absolute atomic E-state index is 12.3. The van der Waals surface area contributed by atoms with Crippen molar-refractivity contribution in [1.29, 1.82) is 0 Å². The summed E-state index contributed by atoms with van der Waals surface area (Å²) >= 11 is 0. The number of nitrogens with one attached hydrogen (secondary N) is 1. The Labute approximate surface area is 98.2 Å². The predicted octanol–water partition coefficient (Wildman–Crippen LogP) is 2.65. The van der Waals surface area contributed by atoms with Gasteiger partial charge in [-0.15, -0.1) is 0 Å². The molecule has 1 aromatic heterocycles. The molecule has 0 radical (unpaired) electrons. The molecule has 17 heavy (non-hydrogen) atoms. The van der Waals surface area contributed by atoms with E-state index < -0.39 is 11.7 Å². The van der Waals surface area contributed by atoms with Gasteiger partial charge in [0.1, 0.15) is 0 Å². The molecule has 0 aromatic carbocycles. The van der Waals surface area contributed by atoms with Crippen LogP contribution in [0.15, 0.2) is 18.3 Å². The van der Waals surface area contributed by atoms with Crippen LogP contribution in [-0.2, 0) is 6.18 Å². The Morgan fingerprint density at radius 2 is 2.06 bits per heavy atom. The number of hydrazine groups is 1. The van der Waals surface area contributed by atoms with Gasteiger partial charge in [0.25, 0.3) is 0 Å². The molecule has 1 rings (SSSR count). The van der Waals surface area contributed by atoms with Crippen molar-refractivity contribution >= 4 is 0 Å². The average Bonchev–Trinajstić information content (AvgIpc) is 2.29. The number of nitrogens with two attached hydrogens (primary N) is 1. The molecule has 0 amide bonds. The van der Waals surface area contributed by atoms with E-state index >= 15 is 0 Å². The number of hydrogen-bond donors (Lipinski definition) is 2. The second kappa shape index (κ2) is 5.46. The lowest BCUT2D eigenvalue weighted by atomic mass is 9.96. The van der Waals surface area contributed by atoms with Crippen molar-refractivity contribution in [1.82, 2.24) is 10.4 Å². The highest BCUT2D eigenvalue weighted by Gasteiger charge is 2.31. The molecule has 0 aliphatic rings. The summed E-state index contributed by atoms with van der Waals surface area (Å²) in [5.74, 6) is 5.59. The molecular formula is C11H16F3N3. The molecule has 0 bridgehead atoms. The first kappa shape index (κ1) is 13.9. The van der Waals surface area contributed by atoms with E-state index in [0.717, 1.165) is 18.7 Å². The molecule has 0 aliphatic carbocycles. The van der Waals surface area contributed by atoms with Gasteiger partial charge in [-0.1, -0.05) is 20.3 Å². The molecule has 1 heterocycles. The lowest BCUT2D eigenvalue weighted by Crippen LogP contribution is -2.33. The molecule has 2 atom stereocenters. The molecule has 0 fully saturated rings. The van der Waals surface area contributed by atoms with E-state index in [1.807, 2.05) is 13.8 Å². The molecule has 0 saturated heterocycles. The van der Waals surface area contributed by atoms with Crippen molar-refractivity contribution in [3.8, 4) is 0 Å². The van der Waals surface area contributed by atoms with Crippen LogP contribution in [0, 0.1) is 5.92 Å². The van der Waals surface area contributed by atoms with E-state index in [2.05, 4.69) is 10.4 Å². The summed E-state index contributed by atoms with van der Waals surface area (Å²) in [6.45, 7) is 3.95. The summed E-state index contributed by atoms with van der Waals surface area (Å²) in [5.41, 5.74) is 2.36. The molecule has 0 saturated carbocycles. The summed E-state index contributed by atoms with van der Waals surface area (Å²) in [4.78, 5) is 3.82. The van der Waals surface area contributed by atoms with Crippen molar-refractivity contribution in [2.75, 3.05) is 0 Å². The highest BCUT2D eigenvalue weighted by molar-refractivity contribution is 5.19. The van der Waals surface area contributed by atoms with Gasteiger partial charge in [0.2, 0.25) is 0 Å². The largest absolute Gasteiger partial charge is 0.417 e. The Balaban J connectivity index is 2.93. The molecule has 1 aromatic rings. The van der Waals surface area contributed by atoms with Gasteiger partial charge >= 0.3 is 6.18 Å². The van der Waals surface area contributed by atoms with Crippen LogP contribution in [0.5, 0.6) is 0 Å². The van der Waals surface area contributed by atoms with E-state index in [1.165, 1.54) is 6.07 Å². The number of alkyl halides is 3. The van der Waals surface area contributed by atoms with E-state index in [4.69, 9.17) is 5.84 Å². The Morgan fingerprint density at radius 1 is 1.41 bits per heavy atom. The molecule has 6 heteroatoms. The van der Waals surface area contributed by atoms with Crippen molar-refractivity contribution in [3.63, 3.8) is 0 Å². The van der Waals surface area contributed by atoms with Crippen LogP contribution in [0.2, 0.25) is 0 Å². The van der Waals surface area contributed by atoms with Gasteiger partial charge in [-0.05, 0) is 18.1 Å². The zero-order chi connectivity index (χ0) is 13.1. The molecule has 2 unspecified atom stereocenters. The third-order valence-corrected chi connectivity index (χ3v) is 2.82. The molecule has 3 N–H and O–H groups in total. The first-order valence-electron chi connectivity index (χ1n) is 5.39. The first-order valence-corrected chi connectivity index (χ1v) is 5.39. The fourth-order valence-corrected chi connectivity index (χ4v) is 1.53. The Bertz CT molecular complexity index is 348. The summed E-state index contributed by atoms with van der Waals surface area (Å²) in [7, 11) is 0. The third-order valence-electron chi connectivity index (χ3n) is 2.82. The van der Waals surface area contributed by atoms with Crippen LogP contribution in [0.25, 0.3) is 0 Å². The van der Waals surface area contributed by atoms with Crippen LogP contribution in [0.4, 0.5) is 13.2 Å². The Hall–Kier alpha value is -1.14. The lowest BCUT2D eigenvalue weighted by molar-refractivity contribution is -0.137. The fraction of sp³-hybridized carbons (Fsp3) is 0.545. The van der Waals surface area contributed by atoms with Crippen LogP contribution in [-0.4, -0.2) is 4.98 Å². The highest BCUT2D eigenvalue weighted by atomic mass is 19.4. The summed E-state index contributed by atoms with van der Waals surface area (Å²) in [6, 6.07) is 2.15. The zero-order valence-electron chi connectivity index (χ0n) is 9.75. The number of hydrogen-bond acceptors (Lipinski definition) is 3. The SMILES string of the molecule is CCC(C)C(NN)c1ccc(C(F)(F)F)cn1. The quantitative estimate of drug-likeness (QED) is 0.635. The number of nitrogens with zero attached hydrogens (tertiary/aromatic N) is 1. The van der Waals surface area contributed by atoms with Gasteiger partial charge < -0.3 is 0 Å². The second-order valence-electron chi connectivity index (χ2n) is 4.00. The zero-order valence-corrected chi connectivity index (χ0v) is 9.75. The second-order valence-corrected chi connectivity index (χ2v) is 4.00. The normalized spacial score (nSPS) is 15.6. The first-order chi connectivity index (χ1) is 7.90. The molecule has 0 aliphatic heterocycles. The maximum atomic E-state index is 12.3. The monoisotopic (exact) mass is 247 g/mol. The van der Waals surface area contributed by atoms with Crippen LogP contribution < -0.4 is 11.3 Å². The van der Waals surface area contributed by atoms with Crippen LogP contribution in [0.1, 0.15) is 37.6 Å². The van der Waals surface area contributed by atoms with Crippen molar-refractivity contribution < 1.29 is 13.2 Å². The van der Waals surface area contributed by atoms with Crippen LogP contribution >= 0.6 is 0 Å². The molecule has 0 spiro atoms. The minimum Gasteiger partial charge on any atom is -0.271 e. The number of halogens is 3. The fourth-order valence-electron chi connectivity index (χ4n) is 1.53. The van der Waals surface area contributed by atoms with E-state index in [-0.39, 0.29) is 12.0 Å². The number of pyridine rings is 1. The lowest BCUT2D eigenvalue weighted by Gasteiger charge is -2.21. The van der Waals surface area contributed by atoms with Crippen molar-refractivity contribution in [2.24, 2.45) is 11.8 Å². The predicted molar refractivity (Wildman–Crippen MR) is 58.8 cm³/mol. The highest BCUT2D eigenvalue weighted by Crippen LogP contribution is 2.30. The maximum Gasteiger partial charge on any atom is 0.417 e. The smallest absolute Gasteiger partial charge is 0.271 e. The number of rotatable bonds is 4. The topological polar surface area (TPSA) is 50.9 Å². The van der Waals surface area contributed by atoms with Crippen molar-refractivity contribution in [3.05, 3.63) is 29.6 Å². The minimum atomic E-state index is -4.35. The number of aromatic nitrogens is 1. The van der Waals surface area contributed by atoms with Gasteiger partial charge in [-0.3, -0.25) is 16.3 Å². The van der Waals surface area contributed by atoms with Crippen LogP contribution in [0.3, 0.4) is 0 Å². The van der Waals surface area contributed by atoms with Crippen molar-refractivity contribution in [2.45, 2.75) is 32.5 Å². The van der Waals surface area contributed by atoms with Gasteiger partial charge in [0, 0.05) is 6.20 Å².